The van der Waals surface area contributed by atoms with Gasteiger partial charge in [-0.05, 0) is 71.3 Å². The summed E-state index contributed by atoms with van der Waals surface area (Å²) in [5, 5.41) is 4.33. The van der Waals surface area contributed by atoms with Crippen molar-refractivity contribution in [3.63, 3.8) is 0 Å². The van der Waals surface area contributed by atoms with Crippen molar-refractivity contribution in [1.82, 2.24) is 24.8 Å². The molecular weight excluding hydrogens is 464 g/mol. The Hall–Kier alpha value is -3.24. The number of fused-ring (bicyclic) bond motifs is 2. The van der Waals surface area contributed by atoms with E-state index in [-0.39, 0.29) is 12.3 Å². The molecule has 1 aromatic carbocycles. The lowest BCUT2D eigenvalue weighted by molar-refractivity contribution is 0.174. The lowest BCUT2D eigenvalue weighted by Gasteiger charge is -2.20. The fraction of sp³-hybridized carbons (Fsp3) is 0.400. The minimum absolute atomic E-state index is 0.102. The van der Waals surface area contributed by atoms with E-state index in [0.29, 0.717) is 22.8 Å². The molecule has 1 aliphatic rings. The number of hydrogen-bond donors (Lipinski definition) is 2. The Kier molecular flexibility index (Phi) is 6.33. The van der Waals surface area contributed by atoms with Crippen LogP contribution in [0.25, 0.3) is 22.5 Å². The van der Waals surface area contributed by atoms with E-state index < -0.39 is 0 Å². The quantitative estimate of drug-likeness (QED) is 0.326. The SMILES string of the molecule is Cc1ccc(-c2cc3c(cc2Sc2nc4c(N)ncnc4n2CCCCNC(C)(C)C)OCO3)o1. The molecule has 0 bridgehead atoms. The van der Waals surface area contributed by atoms with E-state index in [9.17, 15) is 0 Å². The molecule has 0 unspecified atom stereocenters. The van der Waals surface area contributed by atoms with Crippen LogP contribution in [0.4, 0.5) is 5.82 Å². The molecule has 3 aromatic heterocycles. The molecule has 184 valence electrons. The lowest BCUT2D eigenvalue weighted by atomic mass is 10.1. The van der Waals surface area contributed by atoms with Crippen LogP contribution in [-0.4, -0.2) is 38.4 Å². The van der Waals surface area contributed by atoms with Crippen molar-refractivity contribution in [3.05, 3.63) is 36.4 Å². The maximum atomic E-state index is 6.16. The van der Waals surface area contributed by atoms with Crippen molar-refractivity contribution in [2.45, 2.75) is 62.7 Å². The molecule has 3 N–H and O–H groups in total. The van der Waals surface area contributed by atoms with E-state index in [4.69, 9.17) is 24.6 Å². The van der Waals surface area contributed by atoms with Crippen molar-refractivity contribution >= 4 is 28.7 Å². The molecule has 0 spiro atoms. The number of nitrogen functional groups attached to an aromatic ring is 1. The summed E-state index contributed by atoms with van der Waals surface area (Å²) >= 11 is 1.53. The fourth-order valence-corrected chi connectivity index (χ4v) is 5.01. The first-order valence-electron chi connectivity index (χ1n) is 11.7. The van der Waals surface area contributed by atoms with Gasteiger partial charge in [-0.25, -0.2) is 15.0 Å². The largest absolute Gasteiger partial charge is 0.461 e. The Balaban J connectivity index is 1.48. The van der Waals surface area contributed by atoms with Crippen LogP contribution in [0, 0.1) is 6.92 Å². The van der Waals surface area contributed by atoms with Crippen molar-refractivity contribution in [3.8, 4) is 22.8 Å². The first-order chi connectivity index (χ1) is 16.8. The Bertz CT molecular complexity index is 1360. The summed E-state index contributed by atoms with van der Waals surface area (Å²) in [4.78, 5) is 14.4. The zero-order valence-electron chi connectivity index (χ0n) is 20.4. The number of aryl methyl sites for hydroxylation is 2. The molecule has 0 radical (unpaired) electrons. The van der Waals surface area contributed by atoms with E-state index >= 15 is 0 Å². The lowest BCUT2D eigenvalue weighted by Crippen LogP contribution is -2.36. The molecule has 9 nitrogen and oxygen atoms in total. The second kappa shape index (κ2) is 9.43. The number of nitrogens with two attached hydrogens (primary N) is 1. The summed E-state index contributed by atoms with van der Waals surface area (Å²) in [6.07, 6.45) is 3.49. The molecule has 4 heterocycles. The van der Waals surface area contributed by atoms with Gasteiger partial charge in [0.1, 0.15) is 17.8 Å². The summed E-state index contributed by atoms with van der Waals surface area (Å²) in [5.74, 6) is 3.38. The average Bonchev–Trinajstić information content (AvgIpc) is 3.52. The zero-order chi connectivity index (χ0) is 24.6. The predicted octanol–water partition coefficient (Wildman–Crippen LogP) is 5.03. The minimum atomic E-state index is 0.102. The van der Waals surface area contributed by atoms with Crippen LogP contribution >= 0.6 is 11.8 Å². The zero-order valence-corrected chi connectivity index (χ0v) is 21.2. The highest BCUT2D eigenvalue weighted by Crippen LogP contribution is 2.45. The molecule has 5 rings (SSSR count). The molecule has 10 heteroatoms. The van der Waals surface area contributed by atoms with Gasteiger partial charge in [-0.3, -0.25) is 0 Å². The number of nitrogens with zero attached hydrogens (tertiary/aromatic N) is 4. The summed E-state index contributed by atoms with van der Waals surface area (Å²) in [5.41, 5.74) is 8.52. The standard InChI is InChI=1S/C25H30N6O3S/c1-15-7-8-17(34-15)16-11-18-19(33-14-32-18)12-20(16)35-24-30-21-22(26)27-13-28-23(21)31(24)10-6-5-9-29-25(2,3)4/h7-8,11-13,29H,5-6,9-10,14H2,1-4H3,(H2,26,27,28). The molecule has 0 atom stereocenters. The maximum Gasteiger partial charge on any atom is 0.231 e. The normalized spacial score (nSPS) is 13.1. The van der Waals surface area contributed by atoms with Gasteiger partial charge in [0.15, 0.2) is 33.6 Å². The minimum Gasteiger partial charge on any atom is -0.461 e. The summed E-state index contributed by atoms with van der Waals surface area (Å²) in [7, 11) is 0. The maximum absolute atomic E-state index is 6.16. The third kappa shape index (κ3) is 5.08. The van der Waals surface area contributed by atoms with Crippen molar-refractivity contribution in [1.29, 1.82) is 0 Å². The second-order valence-electron chi connectivity index (χ2n) is 9.58. The number of nitrogens with one attached hydrogen (secondary N) is 1. The molecule has 0 amide bonds. The molecule has 0 saturated heterocycles. The highest BCUT2D eigenvalue weighted by atomic mass is 32.2. The van der Waals surface area contributed by atoms with E-state index in [0.717, 1.165) is 58.7 Å². The third-order valence-corrected chi connectivity index (χ3v) is 6.72. The molecule has 35 heavy (non-hydrogen) atoms. The number of ether oxygens (including phenoxy) is 2. The first kappa shape index (κ1) is 23.5. The molecule has 0 saturated carbocycles. The molecule has 1 aliphatic heterocycles. The van der Waals surface area contributed by atoms with Crippen LogP contribution in [0.15, 0.2) is 45.1 Å². The van der Waals surface area contributed by atoms with Crippen LogP contribution in [0.2, 0.25) is 0 Å². The number of hydrogen-bond acceptors (Lipinski definition) is 9. The first-order valence-corrected chi connectivity index (χ1v) is 12.5. The number of unbranched alkanes of at least 4 members (excludes halogenated alkanes) is 1. The van der Waals surface area contributed by atoms with Gasteiger partial charge in [0.25, 0.3) is 0 Å². The number of imidazole rings is 1. The number of anilines is 1. The highest BCUT2D eigenvalue weighted by molar-refractivity contribution is 7.99. The van der Waals surface area contributed by atoms with Crippen LogP contribution in [0.1, 0.15) is 39.4 Å². The van der Waals surface area contributed by atoms with Gasteiger partial charge in [-0.1, -0.05) is 11.8 Å². The summed E-state index contributed by atoms with van der Waals surface area (Å²) in [6.45, 7) is 10.4. The van der Waals surface area contributed by atoms with E-state index in [2.05, 4.69) is 40.6 Å². The second-order valence-corrected chi connectivity index (χ2v) is 10.6. The molecule has 4 aromatic rings. The van der Waals surface area contributed by atoms with E-state index in [1.54, 1.807) is 0 Å². The van der Waals surface area contributed by atoms with Crippen LogP contribution < -0.4 is 20.5 Å². The molecular formula is C25H30N6O3S. The van der Waals surface area contributed by atoms with Crippen LogP contribution in [0.5, 0.6) is 11.5 Å². The van der Waals surface area contributed by atoms with Gasteiger partial charge < -0.3 is 29.5 Å². The van der Waals surface area contributed by atoms with Gasteiger partial charge in [0, 0.05) is 22.5 Å². The van der Waals surface area contributed by atoms with Gasteiger partial charge >= 0.3 is 0 Å². The van der Waals surface area contributed by atoms with E-state index in [1.807, 2.05) is 31.2 Å². The Morgan fingerprint density at radius 3 is 2.66 bits per heavy atom. The summed E-state index contributed by atoms with van der Waals surface area (Å²) in [6, 6.07) is 7.85. The predicted molar refractivity (Wildman–Crippen MR) is 136 cm³/mol. The third-order valence-electron chi connectivity index (χ3n) is 5.67. The molecule has 0 fully saturated rings. The van der Waals surface area contributed by atoms with Crippen LogP contribution in [0.3, 0.4) is 0 Å². The van der Waals surface area contributed by atoms with Gasteiger partial charge in [0.2, 0.25) is 6.79 Å². The fourth-order valence-electron chi connectivity index (χ4n) is 3.95. The van der Waals surface area contributed by atoms with Crippen LogP contribution in [-0.2, 0) is 6.54 Å². The average molecular weight is 495 g/mol. The number of aromatic nitrogens is 4. The number of furan rings is 1. The number of rotatable bonds is 8. The Morgan fingerprint density at radius 1 is 1.11 bits per heavy atom. The van der Waals surface area contributed by atoms with Gasteiger partial charge in [0.05, 0.1) is 0 Å². The highest BCUT2D eigenvalue weighted by Gasteiger charge is 2.23. The smallest absolute Gasteiger partial charge is 0.231 e. The Morgan fingerprint density at radius 2 is 1.91 bits per heavy atom. The van der Waals surface area contributed by atoms with E-state index in [1.165, 1.54) is 18.1 Å². The molecule has 0 aliphatic carbocycles. The topological polar surface area (TPSA) is 113 Å². The monoisotopic (exact) mass is 494 g/mol. The van der Waals surface area contributed by atoms with Crippen molar-refractivity contribution in [2.75, 3.05) is 19.1 Å². The van der Waals surface area contributed by atoms with Crippen molar-refractivity contribution in [2.24, 2.45) is 0 Å². The summed E-state index contributed by atoms with van der Waals surface area (Å²) < 4.78 is 19.4. The van der Waals surface area contributed by atoms with Gasteiger partial charge in [-0.2, -0.15) is 0 Å². The Labute approximate surface area is 208 Å². The number of benzene rings is 1. The van der Waals surface area contributed by atoms with Gasteiger partial charge in [-0.15, -0.1) is 0 Å². The van der Waals surface area contributed by atoms with Crippen molar-refractivity contribution < 1.29 is 13.9 Å².